The second-order valence-corrected chi connectivity index (χ2v) is 7.83. The molecule has 1 unspecified atom stereocenters. The Hall–Kier alpha value is -4.00. The summed E-state index contributed by atoms with van der Waals surface area (Å²) in [7, 11) is 0. The van der Waals surface area contributed by atoms with E-state index in [2.05, 4.69) is 16.9 Å². The molecule has 1 N–H and O–H groups in total. The molecule has 0 aliphatic carbocycles. The molecular weight excluding hydrogens is 418 g/mol. The van der Waals surface area contributed by atoms with Gasteiger partial charge in [-0.1, -0.05) is 31.2 Å². The van der Waals surface area contributed by atoms with Crippen LogP contribution in [0.25, 0.3) is 5.76 Å². The summed E-state index contributed by atoms with van der Waals surface area (Å²) in [6.07, 6.45) is 8.66. The Morgan fingerprint density at radius 3 is 2.55 bits per heavy atom. The van der Waals surface area contributed by atoms with E-state index in [9.17, 15) is 14.7 Å². The average molecular weight is 444 g/mol. The van der Waals surface area contributed by atoms with Crippen molar-refractivity contribution in [2.24, 2.45) is 0 Å². The van der Waals surface area contributed by atoms with E-state index in [-0.39, 0.29) is 12.1 Å². The van der Waals surface area contributed by atoms with Crippen molar-refractivity contribution in [3.63, 3.8) is 0 Å². The van der Waals surface area contributed by atoms with Crippen LogP contribution in [-0.2, 0) is 16.1 Å². The molecule has 3 heterocycles. The first-order chi connectivity index (χ1) is 16.1. The van der Waals surface area contributed by atoms with Crippen LogP contribution >= 0.6 is 0 Å². The molecule has 0 saturated carbocycles. The van der Waals surface area contributed by atoms with Gasteiger partial charge in [-0.3, -0.25) is 14.6 Å². The van der Waals surface area contributed by atoms with E-state index >= 15 is 0 Å². The fourth-order valence-electron chi connectivity index (χ4n) is 3.84. The smallest absolute Gasteiger partial charge is 0.295 e. The molecule has 1 saturated heterocycles. The second kappa shape index (κ2) is 10.1. The monoisotopic (exact) mass is 443 g/mol. The van der Waals surface area contributed by atoms with Crippen LogP contribution in [0.1, 0.15) is 42.5 Å². The third kappa shape index (κ3) is 4.77. The van der Waals surface area contributed by atoms with Crippen molar-refractivity contribution in [1.82, 2.24) is 9.88 Å². The molecule has 0 spiro atoms. The highest BCUT2D eigenvalue weighted by Gasteiger charge is 2.44. The van der Waals surface area contributed by atoms with E-state index < -0.39 is 23.5 Å². The van der Waals surface area contributed by atoms with E-state index in [1.54, 1.807) is 61.2 Å². The third-order valence-corrected chi connectivity index (χ3v) is 5.56. The van der Waals surface area contributed by atoms with Crippen LogP contribution in [0.3, 0.4) is 0 Å². The fraction of sp³-hybridized carbons (Fsp3) is 0.231. The van der Waals surface area contributed by atoms with Gasteiger partial charge in [-0.05, 0) is 47.9 Å². The van der Waals surface area contributed by atoms with Crippen molar-refractivity contribution in [2.45, 2.75) is 32.4 Å². The molecule has 0 radical (unpaired) electrons. The number of unbranched alkanes of at least 4 members (excludes halogenated alkanes) is 1. The standard InChI is InChI=1S/C26H25N3O4/c1-2-3-15-33-21-8-6-20(7-9-21)24(30)22-23(19-10-13-27-14-11-19)29(26(32)25(22)31)17-18-5-4-12-28-16-18/h4-14,16,23,30H,2-3,15,17H2,1H3. The predicted molar refractivity (Wildman–Crippen MR) is 119 cm³/mol. The number of ether oxygens (including phenoxy) is 1. The van der Waals surface area contributed by atoms with Crippen LogP contribution in [0.4, 0.5) is 0 Å². The number of hydrogen-bond donors (Lipinski definition) is 0. The normalized spacial score (nSPS) is 17.4. The lowest BCUT2D eigenvalue weighted by Crippen LogP contribution is -2.29. The number of benzene rings is 1. The molecule has 4 rings (SSSR count). The number of aromatic nitrogens is 2. The molecule has 168 valence electrons. The number of nitrogens with zero attached hydrogens (tertiary/aromatic N) is 2. The zero-order valence-electron chi connectivity index (χ0n) is 18.4. The number of Topliss-reactive ketones (excluding diaryl/α,β-unsaturated/α-hetero) is 1. The van der Waals surface area contributed by atoms with Gasteiger partial charge in [0.2, 0.25) is 5.78 Å². The van der Waals surface area contributed by atoms with Gasteiger partial charge in [-0.2, -0.15) is 0 Å². The summed E-state index contributed by atoms with van der Waals surface area (Å²) in [5.74, 6) is -1.27. The molecule has 1 atom stereocenters. The van der Waals surface area contributed by atoms with Gasteiger partial charge in [-0.25, -0.2) is 4.98 Å². The van der Waals surface area contributed by atoms with E-state index in [1.165, 1.54) is 4.90 Å². The Kier molecular flexibility index (Phi) is 6.78. The van der Waals surface area contributed by atoms with Crippen LogP contribution in [0.15, 0.2) is 78.9 Å². The van der Waals surface area contributed by atoms with Gasteiger partial charge >= 0.3 is 0 Å². The summed E-state index contributed by atoms with van der Waals surface area (Å²) in [5.41, 5.74) is 1.76. The van der Waals surface area contributed by atoms with E-state index in [0.29, 0.717) is 23.5 Å². The molecule has 1 fully saturated rings. The van der Waals surface area contributed by atoms with Gasteiger partial charge in [0.25, 0.3) is 5.91 Å². The summed E-state index contributed by atoms with van der Waals surface area (Å²) < 4.78 is 5.66. The van der Waals surface area contributed by atoms with Crippen molar-refractivity contribution >= 4 is 17.4 Å². The number of likely N-dealkylation sites (tertiary alicyclic amines) is 1. The number of carbonyl (C=O) groups excluding carboxylic acids is 2. The SMILES string of the molecule is CCCCOc1ccc(C([O-])=C2C(=O)C(=O)N(Cc3ccc[nH+]c3)C2c2ccncc2)cc1. The summed E-state index contributed by atoms with van der Waals surface area (Å²) in [4.78, 5) is 34.5. The summed E-state index contributed by atoms with van der Waals surface area (Å²) in [6.45, 7) is 2.88. The van der Waals surface area contributed by atoms with Crippen LogP contribution in [-0.4, -0.2) is 28.2 Å². The molecule has 1 aliphatic rings. The Morgan fingerprint density at radius 2 is 1.88 bits per heavy atom. The first-order valence-electron chi connectivity index (χ1n) is 10.9. The Bertz CT molecular complexity index is 1150. The van der Waals surface area contributed by atoms with Gasteiger partial charge in [0.05, 0.1) is 19.2 Å². The van der Waals surface area contributed by atoms with Crippen LogP contribution < -0.4 is 14.8 Å². The zero-order valence-corrected chi connectivity index (χ0v) is 18.4. The van der Waals surface area contributed by atoms with Crippen molar-refractivity contribution in [3.05, 3.63) is 95.6 Å². The van der Waals surface area contributed by atoms with Crippen molar-refractivity contribution in [1.29, 1.82) is 0 Å². The lowest BCUT2D eigenvalue weighted by atomic mass is 9.96. The number of rotatable bonds is 8. The van der Waals surface area contributed by atoms with Gasteiger partial charge in [-0.15, -0.1) is 0 Å². The van der Waals surface area contributed by atoms with E-state index in [4.69, 9.17) is 4.74 Å². The van der Waals surface area contributed by atoms with Gasteiger partial charge in [0.15, 0.2) is 12.4 Å². The summed E-state index contributed by atoms with van der Waals surface area (Å²) in [5, 5.41) is 13.5. The quantitative estimate of drug-likeness (QED) is 0.231. The van der Waals surface area contributed by atoms with Crippen molar-refractivity contribution < 1.29 is 24.4 Å². The topological polar surface area (TPSA) is 96.7 Å². The number of amides is 1. The molecule has 2 aromatic heterocycles. The highest BCUT2D eigenvalue weighted by Crippen LogP contribution is 2.39. The molecule has 1 aliphatic heterocycles. The first kappa shape index (κ1) is 22.2. The number of hydrogen-bond acceptors (Lipinski definition) is 5. The molecule has 33 heavy (non-hydrogen) atoms. The molecule has 7 nitrogen and oxygen atoms in total. The van der Waals surface area contributed by atoms with Crippen LogP contribution in [0, 0.1) is 0 Å². The number of carbonyl (C=O) groups is 2. The van der Waals surface area contributed by atoms with Crippen molar-refractivity contribution in [2.75, 3.05) is 6.61 Å². The largest absolute Gasteiger partial charge is 0.872 e. The minimum absolute atomic E-state index is 0.0502. The average Bonchev–Trinajstić information content (AvgIpc) is 3.10. The maximum Gasteiger partial charge on any atom is 0.295 e. The number of aromatic amines is 1. The van der Waals surface area contributed by atoms with E-state index in [1.807, 2.05) is 12.1 Å². The highest BCUT2D eigenvalue weighted by atomic mass is 16.5. The maximum atomic E-state index is 13.5. The zero-order chi connectivity index (χ0) is 23.2. The maximum absolute atomic E-state index is 13.5. The minimum Gasteiger partial charge on any atom is -0.872 e. The number of H-pyrrole nitrogens is 1. The Morgan fingerprint density at radius 1 is 1.12 bits per heavy atom. The number of pyridine rings is 2. The lowest BCUT2D eigenvalue weighted by Gasteiger charge is -2.27. The molecule has 1 aromatic carbocycles. The second-order valence-electron chi connectivity index (χ2n) is 7.83. The van der Waals surface area contributed by atoms with E-state index in [0.717, 1.165) is 18.4 Å². The number of ketones is 1. The fourth-order valence-corrected chi connectivity index (χ4v) is 3.84. The molecule has 7 heteroatoms. The Balaban J connectivity index is 1.72. The molecular formula is C26H25N3O4. The van der Waals surface area contributed by atoms with Crippen molar-refractivity contribution in [3.8, 4) is 5.75 Å². The first-order valence-corrected chi connectivity index (χ1v) is 10.9. The summed E-state index contributed by atoms with van der Waals surface area (Å²) >= 11 is 0. The summed E-state index contributed by atoms with van der Waals surface area (Å²) in [6, 6.07) is 13.0. The Labute approximate surface area is 192 Å². The predicted octanol–water partition coefficient (Wildman–Crippen LogP) is 2.50. The van der Waals surface area contributed by atoms with Gasteiger partial charge in [0, 0.05) is 29.6 Å². The van der Waals surface area contributed by atoms with Crippen LogP contribution in [0.5, 0.6) is 5.75 Å². The minimum atomic E-state index is -0.791. The van der Waals surface area contributed by atoms with Crippen LogP contribution in [0.2, 0.25) is 0 Å². The molecule has 3 aromatic rings. The lowest BCUT2D eigenvalue weighted by molar-refractivity contribution is -0.378. The third-order valence-electron chi connectivity index (χ3n) is 5.56. The van der Waals surface area contributed by atoms with Gasteiger partial charge < -0.3 is 14.7 Å². The molecule has 1 amide bonds. The molecule has 0 bridgehead atoms. The van der Waals surface area contributed by atoms with Gasteiger partial charge in [0.1, 0.15) is 5.75 Å². The number of nitrogens with one attached hydrogen (secondary N) is 1. The highest BCUT2D eigenvalue weighted by molar-refractivity contribution is 6.46.